The van der Waals surface area contributed by atoms with Crippen molar-refractivity contribution < 1.29 is 15.3 Å². The average molecular weight is 415 g/mol. The molecule has 7 atom stereocenters. The van der Waals surface area contributed by atoms with E-state index in [9.17, 15) is 15.3 Å². The second-order valence-electron chi connectivity index (χ2n) is 11.1. The van der Waals surface area contributed by atoms with Crippen LogP contribution in [0.4, 0.5) is 0 Å². The van der Waals surface area contributed by atoms with Gasteiger partial charge in [0.15, 0.2) is 0 Å². The van der Waals surface area contributed by atoms with Crippen LogP contribution in [-0.4, -0.2) is 33.6 Å². The molecule has 0 aromatic heterocycles. The van der Waals surface area contributed by atoms with Gasteiger partial charge in [-0.2, -0.15) is 0 Å². The highest BCUT2D eigenvalue weighted by Crippen LogP contribution is 2.60. The zero-order valence-corrected chi connectivity index (χ0v) is 19.0. The topological polar surface area (TPSA) is 60.7 Å². The monoisotopic (exact) mass is 414 g/mol. The third kappa shape index (κ3) is 4.49. The fourth-order valence-corrected chi connectivity index (χ4v) is 7.03. The summed E-state index contributed by atoms with van der Waals surface area (Å²) >= 11 is 0. The molecule has 0 bridgehead atoms. The molecular formula is C27H42O3. The van der Waals surface area contributed by atoms with E-state index in [-0.39, 0.29) is 6.10 Å². The molecule has 0 heterocycles. The predicted octanol–water partition coefficient (Wildman–Crippen LogP) is 5.31. The van der Waals surface area contributed by atoms with Gasteiger partial charge in [0.1, 0.15) is 0 Å². The highest BCUT2D eigenvalue weighted by molar-refractivity contribution is 5.38. The van der Waals surface area contributed by atoms with Gasteiger partial charge < -0.3 is 15.3 Å². The van der Waals surface area contributed by atoms with Crippen LogP contribution in [0.2, 0.25) is 0 Å². The van der Waals surface area contributed by atoms with E-state index in [1.807, 2.05) is 0 Å². The maximum Gasteiger partial charge on any atom is 0.0811 e. The molecule has 0 aromatic carbocycles. The number of allylic oxidation sites excluding steroid dienone is 3. The number of aliphatic hydroxyl groups excluding tert-OH is 3. The minimum absolute atomic E-state index is 0.0693. The van der Waals surface area contributed by atoms with Crippen LogP contribution >= 0.6 is 0 Å². The summed E-state index contributed by atoms with van der Waals surface area (Å²) < 4.78 is 0. The Bertz CT molecular complexity index is 703. The van der Waals surface area contributed by atoms with Gasteiger partial charge in [0, 0.05) is 6.42 Å². The molecule has 0 aliphatic heterocycles. The van der Waals surface area contributed by atoms with Crippen LogP contribution in [0.3, 0.4) is 0 Å². The molecule has 3 heteroatoms. The molecule has 4 aliphatic rings. The molecule has 4 aliphatic carbocycles. The highest BCUT2D eigenvalue weighted by atomic mass is 16.3. The summed E-state index contributed by atoms with van der Waals surface area (Å²) in [7, 11) is 0. The molecule has 0 spiro atoms. The molecule has 4 unspecified atom stereocenters. The summed E-state index contributed by atoms with van der Waals surface area (Å²) in [5.74, 6) is 2.66. The lowest BCUT2D eigenvalue weighted by molar-refractivity contribution is 0.0784. The van der Waals surface area contributed by atoms with Gasteiger partial charge in [-0.1, -0.05) is 38.2 Å². The maximum atomic E-state index is 10.3. The Morgan fingerprint density at radius 2 is 1.90 bits per heavy atom. The van der Waals surface area contributed by atoms with Crippen molar-refractivity contribution in [1.82, 2.24) is 0 Å². The first-order chi connectivity index (χ1) is 14.3. The molecule has 4 saturated carbocycles. The molecule has 3 nitrogen and oxygen atoms in total. The average Bonchev–Trinajstić information content (AvgIpc) is 3.49. The first kappa shape index (κ1) is 22.3. The molecule has 4 fully saturated rings. The standard InChI is InChI=1S/C27H42O3/c1-17(6-13-25(29)20-8-9-20)23-11-12-24-19(5-4-14-27(23,24)3)7-10-21-15-22(28)16-26(30)18(21)2/h7,10,17,20,22-26,28-30H,2,4-6,8-9,11-16H2,1,3H3/t17?,22-,23-,24?,25?,26?,27-/m1/s1. The summed E-state index contributed by atoms with van der Waals surface area (Å²) in [4.78, 5) is 0. The number of hydrogen-bond donors (Lipinski definition) is 3. The number of fused-ring (bicyclic) bond motifs is 1. The first-order valence-corrected chi connectivity index (χ1v) is 12.4. The van der Waals surface area contributed by atoms with E-state index < -0.39 is 12.2 Å². The molecule has 0 saturated heterocycles. The Balaban J connectivity index is 1.44. The van der Waals surface area contributed by atoms with Crippen molar-refractivity contribution >= 4 is 0 Å². The fraction of sp³-hybridized carbons (Fsp3) is 0.778. The van der Waals surface area contributed by atoms with Gasteiger partial charge >= 0.3 is 0 Å². The Morgan fingerprint density at radius 3 is 2.63 bits per heavy atom. The zero-order chi connectivity index (χ0) is 21.5. The van der Waals surface area contributed by atoms with Crippen molar-refractivity contribution in [2.75, 3.05) is 0 Å². The molecule has 168 valence electrons. The van der Waals surface area contributed by atoms with E-state index in [0.29, 0.717) is 36.0 Å². The Kier molecular flexibility index (Phi) is 6.63. The van der Waals surface area contributed by atoms with Gasteiger partial charge in [0.2, 0.25) is 0 Å². The Hall–Kier alpha value is -0.900. The van der Waals surface area contributed by atoms with Crippen molar-refractivity contribution in [1.29, 1.82) is 0 Å². The van der Waals surface area contributed by atoms with E-state index in [4.69, 9.17) is 0 Å². The maximum absolute atomic E-state index is 10.3. The molecule has 0 aromatic rings. The van der Waals surface area contributed by atoms with Crippen molar-refractivity contribution in [2.24, 2.45) is 29.1 Å². The minimum Gasteiger partial charge on any atom is -0.393 e. The number of hydrogen-bond acceptors (Lipinski definition) is 3. The van der Waals surface area contributed by atoms with Crippen LogP contribution in [0.15, 0.2) is 35.5 Å². The van der Waals surface area contributed by atoms with E-state index in [1.54, 1.807) is 5.57 Å². The summed E-state index contributed by atoms with van der Waals surface area (Å²) in [6, 6.07) is 0. The van der Waals surface area contributed by atoms with Crippen LogP contribution in [-0.2, 0) is 0 Å². The lowest BCUT2D eigenvalue weighted by Crippen LogP contribution is -2.36. The molecule has 3 N–H and O–H groups in total. The van der Waals surface area contributed by atoms with Crippen LogP contribution in [0.1, 0.15) is 84.5 Å². The van der Waals surface area contributed by atoms with Crippen LogP contribution in [0, 0.1) is 29.1 Å². The van der Waals surface area contributed by atoms with Gasteiger partial charge in [0.05, 0.1) is 18.3 Å². The largest absolute Gasteiger partial charge is 0.393 e. The zero-order valence-electron chi connectivity index (χ0n) is 19.0. The van der Waals surface area contributed by atoms with Crippen molar-refractivity contribution in [3.63, 3.8) is 0 Å². The van der Waals surface area contributed by atoms with Gasteiger partial charge in [-0.05, 0) is 104 Å². The van der Waals surface area contributed by atoms with Gasteiger partial charge in [0.25, 0.3) is 0 Å². The van der Waals surface area contributed by atoms with E-state index in [1.165, 1.54) is 44.9 Å². The summed E-state index contributed by atoms with van der Waals surface area (Å²) in [6.07, 6.45) is 15.2. The summed E-state index contributed by atoms with van der Waals surface area (Å²) in [6.45, 7) is 9.01. The highest BCUT2D eigenvalue weighted by Gasteiger charge is 2.50. The van der Waals surface area contributed by atoms with Crippen LogP contribution in [0.5, 0.6) is 0 Å². The smallest absolute Gasteiger partial charge is 0.0811 e. The number of rotatable bonds is 6. The molecule has 0 radical (unpaired) electrons. The van der Waals surface area contributed by atoms with E-state index in [2.05, 4.69) is 32.6 Å². The Labute approximate surface area is 183 Å². The van der Waals surface area contributed by atoms with Gasteiger partial charge in [-0.25, -0.2) is 0 Å². The predicted molar refractivity (Wildman–Crippen MR) is 122 cm³/mol. The lowest BCUT2D eigenvalue weighted by atomic mass is 9.60. The normalized spacial score (nSPS) is 41.8. The quantitative estimate of drug-likeness (QED) is 0.552. The fourth-order valence-electron chi connectivity index (χ4n) is 7.03. The minimum atomic E-state index is -0.613. The molecule has 4 rings (SSSR count). The van der Waals surface area contributed by atoms with Crippen LogP contribution in [0.25, 0.3) is 0 Å². The summed E-state index contributed by atoms with van der Waals surface area (Å²) in [5, 5.41) is 30.5. The molecule has 30 heavy (non-hydrogen) atoms. The lowest BCUT2D eigenvalue weighted by Gasteiger charge is -2.44. The third-order valence-corrected chi connectivity index (χ3v) is 9.07. The molecular weight excluding hydrogens is 372 g/mol. The van der Waals surface area contributed by atoms with E-state index in [0.717, 1.165) is 29.9 Å². The molecule has 0 amide bonds. The first-order valence-electron chi connectivity index (χ1n) is 12.4. The third-order valence-electron chi connectivity index (χ3n) is 9.07. The second kappa shape index (κ2) is 8.92. The number of aliphatic hydroxyl groups is 3. The second-order valence-corrected chi connectivity index (χ2v) is 11.1. The van der Waals surface area contributed by atoms with Crippen LogP contribution < -0.4 is 0 Å². The van der Waals surface area contributed by atoms with Gasteiger partial charge in [-0.3, -0.25) is 0 Å². The van der Waals surface area contributed by atoms with Crippen molar-refractivity contribution in [3.8, 4) is 0 Å². The van der Waals surface area contributed by atoms with Gasteiger partial charge in [-0.15, -0.1) is 0 Å². The summed E-state index contributed by atoms with van der Waals surface area (Å²) in [5.41, 5.74) is 3.72. The SMILES string of the molecule is C=C1C(=CC=C2CCC[C@@]3(C)C2CC[C@@H]3C(C)CCC(O)C2CC2)C[C@@H](O)CC1O. The van der Waals surface area contributed by atoms with E-state index >= 15 is 0 Å². The van der Waals surface area contributed by atoms with Crippen molar-refractivity contribution in [3.05, 3.63) is 35.5 Å². The Morgan fingerprint density at radius 1 is 1.13 bits per heavy atom. The van der Waals surface area contributed by atoms with Crippen molar-refractivity contribution in [2.45, 2.75) is 103 Å².